The smallest absolute Gasteiger partial charge is 0.0677 e. The van der Waals surface area contributed by atoms with Gasteiger partial charge in [0.15, 0.2) is 0 Å². The first-order valence-corrected chi connectivity index (χ1v) is 8.81. The average Bonchev–Trinajstić information content (AvgIpc) is 2.92. The van der Waals surface area contributed by atoms with E-state index in [9.17, 15) is 0 Å². The molecule has 1 aromatic rings. The van der Waals surface area contributed by atoms with Crippen LogP contribution in [-0.2, 0) is 6.42 Å². The normalized spacial score (nSPS) is 25.0. The van der Waals surface area contributed by atoms with Crippen molar-refractivity contribution in [2.24, 2.45) is 16.8 Å². The molecule has 0 amide bonds. The van der Waals surface area contributed by atoms with E-state index >= 15 is 0 Å². The lowest BCUT2D eigenvalue weighted by atomic mass is 9.83. The number of hydrogen-bond acceptors (Lipinski definition) is 2. The summed E-state index contributed by atoms with van der Waals surface area (Å²) in [7, 11) is 2.02. The molecule has 0 spiro atoms. The predicted octanol–water partition coefficient (Wildman–Crippen LogP) is 3.89. The van der Waals surface area contributed by atoms with E-state index in [1.165, 1.54) is 41.1 Å². The molecule has 1 N–H and O–H groups in total. The molecule has 2 heterocycles. The van der Waals surface area contributed by atoms with Crippen LogP contribution in [-0.4, -0.2) is 24.4 Å². The van der Waals surface area contributed by atoms with E-state index in [1.807, 2.05) is 7.05 Å². The molecule has 0 saturated carbocycles. The quantitative estimate of drug-likeness (QED) is 0.840. The highest BCUT2D eigenvalue weighted by Gasteiger charge is 2.29. The second-order valence-corrected chi connectivity index (χ2v) is 6.84. The maximum Gasteiger partial charge on any atom is 0.0677 e. The summed E-state index contributed by atoms with van der Waals surface area (Å²) in [5.41, 5.74) is 6.62. The standard InChI is InChI=1S/C20H25N3/c1-14-15(7-4-11-21-2)8-9-18-19(14)22-13-17-6-3-5-16-10-12-23(18)20(16)17/h6,8-10,12-15,21H,3-5,7,11H2,1-2H3. The van der Waals surface area contributed by atoms with E-state index in [-0.39, 0.29) is 0 Å². The van der Waals surface area contributed by atoms with Crippen LogP contribution in [0.3, 0.4) is 0 Å². The van der Waals surface area contributed by atoms with Crippen molar-refractivity contribution in [1.29, 1.82) is 0 Å². The van der Waals surface area contributed by atoms with Crippen molar-refractivity contribution in [2.75, 3.05) is 13.6 Å². The zero-order valence-corrected chi connectivity index (χ0v) is 14.0. The summed E-state index contributed by atoms with van der Waals surface area (Å²) < 4.78 is 2.36. The Morgan fingerprint density at radius 2 is 2.30 bits per heavy atom. The summed E-state index contributed by atoms with van der Waals surface area (Å²) in [6.07, 6.45) is 16.1. The lowest BCUT2D eigenvalue weighted by Gasteiger charge is -2.27. The van der Waals surface area contributed by atoms with Gasteiger partial charge in [-0.05, 0) is 62.9 Å². The molecule has 0 aromatic carbocycles. The minimum atomic E-state index is 0.474. The summed E-state index contributed by atoms with van der Waals surface area (Å²) in [5.74, 6) is 1.07. The number of aromatic nitrogens is 1. The van der Waals surface area contributed by atoms with Crippen molar-refractivity contribution in [3.8, 4) is 0 Å². The molecule has 3 nitrogen and oxygen atoms in total. The molecule has 0 saturated heterocycles. The molecule has 0 radical (unpaired) electrons. The van der Waals surface area contributed by atoms with Gasteiger partial charge in [0.05, 0.1) is 17.1 Å². The number of nitrogens with zero attached hydrogens (tertiary/aromatic N) is 2. The molecule has 2 unspecified atom stereocenters. The third-order valence-corrected chi connectivity index (χ3v) is 5.42. The van der Waals surface area contributed by atoms with Crippen LogP contribution in [0.5, 0.6) is 0 Å². The van der Waals surface area contributed by atoms with Crippen LogP contribution in [0.1, 0.15) is 37.4 Å². The van der Waals surface area contributed by atoms with Gasteiger partial charge in [0.25, 0.3) is 0 Å². The molecule has 23 heavy (non-hydrogen) atoms. The molecular weight excluding hydrogens is 282 g/mol. The van der Waals surface area contributed by atoms with Gasteiger partial charge in [-0.1, -0.05) is 19.1 Å². The first-order valence-electron chi connectivity index (χ1n) is 8.81. The number of hydrogen-bond donors (Lipinski definition) is 1. The Bertz CT molecular complexity index is 730. The molecule has 1 aromatic heterocycles. The fourth-order valence-corrected chi connectivity index (χ4v) is 4.08. The Labute approximate surface area is 138 Å². The maximum atomic E-state index is 4.92. The zero-order valence-electron chi connectivity index (χ0n) is 14.0. The van der Waals surface area contributed by atoms with Crippen LogP contribution in [0.15, 0.2) is 41.2 Å². The second kappa shape index (κ2) is 5.97. The summed E-state index contributed by atoms with van der Waals surface area (Å²) in [5, 5.41) is 3.25. The predicted molar refractivity (Wildman–Crippen MR) is 97.4 cm³/mol. The number of fused-ring (bicyclic) bond motifs is 1. The van der Waals surface area contributed by atoms with Crippen molar-refractivity contribution in [3.05, 3.63) is 47.4 Å². The van der Waals surface area contributed by atoms with Crippen molar-refractivity contribution in [3.63, 3.8) is 0 Å². The number of allylic oxidation sites excluding steroid dienone is 6. The van der Waals surface area contributed by atoms with Gasteiger partial charge in [0, 0.05) is 23.9 Å². The van der Waals surface area contributed by atoms with E-state index < -0.39 is 0 Å². The van der Waals surface area contributed by atoms with Crippen molar-refractivity contribution in [2.45, 2.75) is 32.6 Å². The molecule has 120 valence electrons. The summed E-state index contributed by atoms with van der Waals surface area (Å²) in [4.78, 5) is 4.92. The molecule has 4 rings (SSSR count). The van der Waals surface area contributed by atoms with Crippen LogP contribution < -0.4 is 5.32 Å². The Balaban J connectivity index is 1.70. The lowest BCUT2D eigenvalue weighted by Crippen LogP contribution is -2.19. The Kier molecular flexibility index (Phi) is 3.82. The van der Waals surface area contributed by atoms with Crippen LogP contribution >= 0.6 is 0 Å². The minimum Gasteiger partial charge on any atom is -0.320 e. The average molecular weight is 307 g/mol. The summed E-state index contributed by atoms with van der Waals surface area (Å²) in [6, 6.07) is 2.28. The summed E-state index contributed by atoms with van der Waals surface area (Å²) >= 11 is 0. The number of rotatable bonds is 4. The molecule has 3 aliphatic rings. The van der Waals surface area contributed by atoms with E-state index in [1.54, 1.807) is 0 Å². The van der Waals surface area contributed by atoms with Crippen LogP contribution in [0, 0.1) is 11.8 Å². The third-order valence-electron chi connectivity index (χ3n) is 5.42. The van der Waals surface area contributed by atoms with Gasteiger partial charge in [-0.25, -0.2) is 0 Å². The van der Waals surface area contributed by atoms with Crippen molar-refractivity contribution >= 4 is 17.5 Å². The SMILES string of the molecule is CNCCCC1C=CC2=C(N=CC3=CCCc4ccn2c43)C1C. The number of aliphatic imine (C=N–C) groups is 1. The molecule has 1 aliphatic heterocycles. The van der Waals surface area contributed by atoms with Crippen LogP contribution in [0.25, 0.3) is 11.3 Å². The van der Waals surface area contributed by atoms with E-state index in [0.717, 1.165) is 19.4 Å². The van der Waals surface area contributed by atoms with Crippen LogP contribution in [0.2, 0.25) is 0 Å². The second-order valence-electron chi connectivity index (χ2n) is 6.84. The highest BCUT2D eigenvalue weighted by molar-refractivity contribution is 6.12. The number of nitrogens with one attached hydrogen (secondary N) is 1. The van der Waals surface area contributed by atoms with Gasteiger partial charge in [0.1, 0.15) is 0 Å². The molecule has 2 aliphatic carbocycles. The molecule has 2 atom stereocenters. The largest absolute Gasteiger partial charge is 0.320 e. The van der Waals surface area contributed by atoms with Crippen LogP contribution in [0.4, 0.5) is 0 Å². The molecular formula is C20H25N3. The zero-order chi connectivity index (χ0) is 15.8. The van der Waals surface area contributed by atoms with Gasteiger partial charge >= 0.3 is 0 Å². The monoisotopic (exact) mass is 307 g/mol. The van der Waals surface area contributed by atoms with E-state index in [4.69, 9.17) is 4.99 Å². The van der Waals surface area contributed by atoms with E-state index in [2.05, 4.69) is 53.5 Å². The molecule has 0 bridgehead atoms. The third kappa shape index (κ3) is 2.43. The van der Waals surface area contributed by atoms with Gasteiger partial charge in [-0.15, -0.1) is 0 Å². The van der Waals surface area contributed by atoms with Crippen molar-refractivity contribution < 1.29 is 0 Å². The number of aryl methyl sites for hydroxylation is 1. The highest BCUT2D eigenvalue weighted by Crippen LogP contribution is 2.40. The van der Waals surface area contributed by atoms with Gasteiger partial charge < -0.3 is 9.88 Å². The summed E-state index contributed by atoms with van der Waals surface area (Å²) in [6.45, 7) is 3.42. The molecule has 0 fully saturated rings. The van der Waals surface area contributed by atoms with E-state index in [0.29, 0.717) is 11.8 Å². The van der Waals surface area contributed by atoms with Gasteiger partial charge in [0.2, 0.25) is 0 Å². The first-order chi connectivity index (χ1) is 11.3. The highest BCUT2D eigenvalue weighted by atomic mass is 15.0. The Morgan fingerprint density at radius 1 is 1.39 bits per heavy atom. The van der Waals surface area contributed by atoms with Crippen molar-refractivity contribution in [1.82, 2.24) is 9.88 Å². The Morgan fingerprint density at radius 3 is 3.17 bits per heavy atom. The fourth-order valence-electron chi connectivity index (χ4n) is 4.08. The first kappa shape index (κ1) is 14.7. The Hall–Kier alpha value is -1.87. The minimum absolute atomic E-state index is 0.474. The molecule has 3 heteroatoms. The van der Waals surface area contributed by atoms with Gasteiger partial charge in [-0.3, -0.25) is 4.99 Å². The topological polar surface area (TPSA) is 29.3 Å². The maximum absolute atomic E-state index is 4.92. The van der Waals surface area contributed by atoms with Gasteiger partial charge in [-0.2, -0.15) is 0 Å². The fraction of sp³-hybridized carbons (Fsp3) is 0.450. The lowest BCUT2D eigenvalue weighted by molar-refractivity contribution is 0.433.